The van der Waals surface area contributed by atoms with Crippen LogP contribution in [0.2, 0.25) is 0 Å². The highest BCUT2D eigenvalue weighted by molar-refractivity contribution is 5.45. The third kappa shape index (κ3) is 4.16. The Balaban J connectivity index is 1.24. The molecule has 0 radical (unpaired) electrons. The standard InChI is InChI=1S/C20H26N6O2/c1-3-27-20-24-23-19-14-17(8-12-26(19)20)28-13-9-16-6-10-25(11-7-16)18-5-4-15(2)21-22-18/h4-5,8,12,14,16H,3,6-7,9-11,13H2,1-2H3. The molecule has 0 amide bonds. The van der Waals surface area contributed by atoms with Crippen LogP contribution in [0.25, 0.3) is 5.65 Å². The molecule has 0 spiro atoms. The molecule has 1 fully saturated rings. The van der Waals surface area contributed by atoms with Crippen LogP contribution in [0.1, 0.15) is 31.9 Å². The zero-order valence-electron chi connectivity index (χ0n) is 16.4. The fourth-order valence-electron chi connectivity index (χ4n) is 3.52. The molecule has 8 heteroatoms. The third-order valence-electron chi connectivity index (χ3n) is 5.14. The molecule has 3 aromatic rings. The number of aryl methyl sites for hydroxylation is 1. The molecule has 1 saturated heterocycles. The topological polar surface area (TPSA) is 77.7 Å². The number of hydrogen-bond acceptors (Lipinski definition) is 7. The van der Waals surface area contributed by atoms with E-state index >= 15 is 0 Å². The number of pyridine rings is 1. The van der Waals surface area contributed by atoms with Crippen LogP contribution in [-0.4, -0.2) is 51.1 Å². The van der Waals surface area contributed by atoms with E-state index in [2.05, 4.69) is 31.4 Å². The maximum absolute atomic E-state index is 5.95. The Morgan fingerprint density at radius 3 is 2.64 bits per heavy atom. The highest BCUT2D eigenvalue weighted by Gasteiger charge is 2.20. The van der Waals surface area contributed by atoms with Crippen molar-refractivity contribution in [3.05, 3.63) is 36.2 Å². The summed E-state index contributed by atoms with van der Waals surface area (Å²) in [5, 5.41) is 16.6. The van der Waals surface area contributed by atoms with Crippen LogP contribution in [0, 0.1) is 12.8 Å². The van der Waals surface area contributed by atoms with Crippen molar-refractivity contribution in [1.29, 1.82) is 0 Å². The predicted octanol–water partition coefficient (Wildman–Crippen LogP) is 2.91. The van der Waals surface area contributed by atoms with Crippen LogP contribution in [0.5, 0.6) is 11.8 Å². The minimum atomic E-state index is 0.508. The van der Waals surface area contributed by atoms with Gasteiger partial charge in [-0.15, -0.1) is 10.2 Å². The number of fused-ring (bicyclic) bond motifs is 1. The van der Waals surface area contributed by atoms with Gasteiger partial charge in [-0.05, 0) is 57.2 Å². The zero-order valence-corrected chi connectivity index (χ0v) is 16.4. The van der Waals surface area contributed by atoms with Crippen molar-refractivity contribution in [2.75, 3.05) is 31.2 Å². The minimum absolute atomic E-state index is 0.508. The summed E-state index contributed by atoms with van der Waals surface area (Å²) in [6.07, 6.45) is 5.24. The van der Waals surface area contributed by atoms with Gasteiger partial charge in [-0.2, -0.15) is 5.10 Å². The van der Waals surface area contributed by atoms with Crippen molar-refractivity contribution in [1.82, 2.24) is 24.8 Å². The number of hydrogen-bond donors (Lipinski definition) is 0. The first-order chi connectivity index (χ1) is 13.7. The second-order valence-corrected chi connectivity index (χ2v) is 7.11. The van der Waals surface area contributed by atoms with Gasteiger partial charge in [-0.3, -0.25) is 4.40 Å². The Morgan fingerprint density at radius 1 is 1.04 bits per heavy atom. The van der Waals surface area contributed by atoms with Gasteiger partial charge < -0.3 is 14.4 Å². The largest absolute Gasteiger partial charge is 0.493 e. The summed E-state index contributed by atoms with van der Waals surface area (Å²) in [4.78, 5) is 2.32. The van der Waals surface area contributed by atoms with Gasteiger partial charge in [0, 0.05) is 25.4 Å². The van der Waals surface area contributed by atoms with Crippen LogP contribution in [0.4, 0.5) is 5.82 Å². The Kier molecular flexibility index (Phi) is 5.55. The molecule has 4 heterocycles. The van der Waals surface area contributed by atoms with Gasteiger partial charge >= 0.3 is 6.01 Å². The predicted molar refractivity (Wildman–Crippen MR) is 106 cm³/mol. The zero-order chi connectivity index (χ0) is 19.3. The molecule has 0 N–H and O–H groups in total. The molecule has 3 aromatic heterocycles. The van der Waals surface area contributed by atoms with E-state index in [-0.39, 0.29) is 0 Å². The van der Waals surface area contributed by atoms with E-state index in [1.54, 1.807) is 0 Å². The molecule has 0 aromatic carbocycles. The summed E-state index contributed by atoms with van der Waals surface area (Å²) in [5.41, 5.74) is 1.68. The molecular weight excluding hydrogens is 356 g/mol. The lowest BCUT2D eigenvalue weighted by Crippen LogP contribution is -2.34. The fourth-order valence-corrected chi connectivity index (χ4v) is 3.52. The second kappa shape index (κ2) is 8.41. The van der Waals surface area contributed by atoms with Gasteiger partial charge in [-0.1, -0.05) is 5.10 Å². The fraction of sp³-hybridized carbons (Fsp3) is 0.500. The molecule has 0 atom stereocenters. The van der Waals surface area contributed by atoms with Gasteiger partial charge in [0.05, 0.1) is 18.9 Å². The Morgan fingerprint density at radius 2 is 1.89 bits per heavy atom. The highest BCUT2D eigenvalue weighted by atomic mass is 16.5. The van der Waals surface area contributed by atoms with Gasteiger partial charge in [0.1, 0.15) is 5.75 Å². The van der Waals surface area contributed by atoms with E-state index in [9.17, 15) is 0 Å². The first-order valence-corrected chi connectivity index (χ1v) is 9.88. The molecule has 4 rings (SSSR count). The van der Waals surface area contributed by atoms with Gasteiger partial charge in [0.25, 0.3) is 0 Å². The lowest BCUT2D eigenvalue weighted by molar-refractivity contribution is 0.258. The smallest absolute Gasteiger partial charge is 0.321 e. The summed E-state index contributed by atoms with van der Waals surface area (Å²) in [7, 11) is 0. The van der Waals surface area contributed by atoms with E-state index < -0.39 is 0 Å². The van der Waals surface area contributed by atoms with Crippen LogP contribution in [0.3, 0.4) is 0 Å². The summed E-state index contributed by atoms with van der Waals surface area (Å²) in [6, 6.07) is 8.41. The van der Waals surface area contributed by atoms with Gasteiger partial charge in [-0.25, -0.2) is 0 Å². The van der Waals surface area contributed by atoms with Crippen molar-refractivity contribution < 1.29 is 9.47 Å². The Hall–Kier alpha value is -2.90. The number of nitrogens with zero attached hydrogens (tertiary/aromatic N) is 6. The Labute approximate surface area is 164 Å². The SMILES string of the molecule is CCOc1nnc2cc(OCCC3CCN(c4ccc(C)nn4)CC3)ccn12. The Bertz CT molecular complexity index is 903. The van der Waals surface area contributed by atoms with Gasteiger partial charge in [0.2, 0.25) is 0 Å². The molecule has 0 unspecified atom stereocenters. The average Bonchev–Trinajstić information content (AvgIpc) is 3.12. The second-order valence-electron chi connectivity index (χ2n) is 7.11. The maximum atomic E-state index is 5.95. The molecular formula is C20H26N6O2. The van der Waals surface area contributed by atoms with Crippen molar-refractivity contribution in [2.45, 2.75) is 33.1 Å². The quantitative estimate of drug-likeness (QED) is 0.622. The van der Waals surface area contributed by atoms with Crippen LogP contribution >= 0.6 is 0 Å². The summed E-state index contributed by atoms with van der Waals surface area (Å²) < 4.78 is 13.2. The number of piperidine rings is 1. The number of anilines is 1. The van der Waals surface area contributed by atoms with Gasteiger partial charge in [0.15, 0.2) is 11.5 Å². The maximum Gasteiger partial charge on any atom is 0.321 e. The minimum Gasteiger partial charge on any atom is -0.493 e. The van der Waals surface area contributed by atoms with E-state index in [1.807, 2.05) is 42.6 Å². The van der Waals surface area contributed by atoms with Crippen LogP contribution < -0.4 is 14.4 Å². The average molecular weight is 382 g/mol. The van der Waals surface area contributed by atoms with Crippen molar-refractivity contribution in [2.24, 2.45) is 5.92 Å². The van der Waals surface area contributed by atoms with E-state index in [4.69, 9.17) is 9.47 Å². The summed E-state index contributed by atoms with van der Waals surface area (Å²) >= 11 is 0. The number of aromatic nitrogens is 5. The monoisotopic (exact) mass is 382 g/mol. The molecule has 148 valence electrons. The van der Waals surface area contributed by atoms with Crippen LogP contribution in [-0.2, 0) is 0 Å². The lowest BCUT2D eigenvalue weighted by Gasteiger charge is -2.32. The normalized spacial score (nSPS) is 15.1. The molecule has 0 bridgehead atoms. The molecule has 8 nitrogen and oxygen atoms in total. The van der Waals surface area contributed by atoms with E-state index in [0.717, 1.165) is 55.3 Å². The lowest BCUT2D eigenvalue weighted by atomic mass is 9.94. The third-order valence-corrected chi connectivity index (χ3v) is 5.14. The molecule has 28 heavy (non-hydrogen) atoms. The summed E-state index contributed by atoms with van der Waals surface area (Å²) in [5.74, 6) is 2.47. The van der Waals surface area contributed by atoms with Crippen molar-refractivity contribution >= 4 is 11.5 Å². The first-order valence-electron chi connectivity index (χ1n) is 9.88. The molecule has 1 aliphatic heterocycles. The van der Waals surface area contributed by atoms with E-state index in [1.165, 1.54) is 0 Å². The van der Waals surface area contributed by atoms with Crippen LogP contribution in [0.15, 0.2) is 30.5 Å². The van der Waals surface area contributed by atoms with Crippen molar-refractivity contribution in [3.8, 4) is 11.8 Å². The number of rotatable bonds is 7. The molecule has 1 aliphatic rings. The number of ether oxygens (including phenoxy) is 2. The van der Waals surface area contributed by atoms with Crippen molar-refractivity contribution in [3.63, 3.8) is 0 Å². The van der Waals surface area contributed by atoms with E-state index in [0.29, 0.717) is 25.1 Å². The highest BCUT2D eigenvalue weighted by Crippen LogP contribution is 2.24. The molecule has 0 aliphatic carbocycles. The molecule has 0 saturated carbocycles. The summed E-state index contributed by atoms with van der Waals surface area (Å²) in [6.45, 7) is 7.20. The first kappa shape index (κ1) is 18.5.